The smallest absolute Gasteiger partial charge is 0.414 e. The predicted octanol–water partition coefficient (Wildman–Crippen LogP) is 2.27. The average Bonchev–Trinajstić information content (AvgIpc) is 3.46. The van der Waals surface area contributed by atoms with E-state index >= 15 is 0 Å². The third-order valence-electron chi connectivity index (χ3n) is 5.67. The number of methoxy groups -OCH3 is 1. The normalized spacial score (nSPS) is 20.0. The molecule has 2 fully saturated rings. The Morgan fingerprint density at radius 2 is 1.69 bits per heavy atom. The lowest BCUT2D eigenvalue weighted by atomic mass is 10.1. The van der Waals surface area contributed by atoms with E-state index in [1.807, 2.05) is 0 Å². The van der Waals surface area contributed by atoms with E-state index < -0.39 is 30.1 Å². The number of carbonyl (C=O) groups excluding carboxylic acids is 4. The highest BCUT2D eigenvalue weighted by atomic mass is 16.6. The molecule has 2 aromatic carbocycles. The van der Waals surface area contributed by atoms with Crippen molar-refractivity contribution in [2.45, 2.75) is 6.10 Å². The summed E-state index contributed by atoms with van der Waals surface area (Å²) in [6.45, 7) is 0.818. The molecule has 4 amide bonds. The first-order chi connectivity index (χ1) is 15.5. The summed E-state index contributed by atoms with van der Waals surface area (Å²) < 4.78 is 15.8. The van der Waals surface area contributed by atoms with Crippen LogP contribution in [0.5, 0.6) is 5.75 Å². The van der Waals surface area contributed by atoms with Crippen LogP contribution in [0.1, 0.15) is 20.7 Å². The van der Waals surface area contributed by atoms with Gasteiger partial charge in [-0.25, -0.2) is 9.59 Å². The molecule has 0 aliphatic carbocycles. The van der Waals surface area contributed by atoms with Crippen LogP contribution in [0, 0.1) is 0 Å². The molecule has 0 radical (unpaired) electrons. The second-order valence-electron chi connectivity index (χ2n) is 7.51. The van der Waals surface area contributed by atoms with Crippen LogP contribution >= 0.6 is 0 Å². The molecule has 3 aliphatic heterocycles. The van der Waals surface area contributed by atoms with Crippen molar-refractivity contribution in [2.24, 2.45) is 0 Å². The Hall–Kier alpha value is -4.08. The van der Waals surface area contributed by atoms with Crippen molar-refractivity contribution in [3.8, 4) is 5.75 Å². The molecule has 0 N–H and O–H groups in total. The standard InChI is InChI=1S/C22H19N3O7/c1-30-18-10-13(23-8-9-31-21(23)28)6-7-17(18)24-11-14(32-22(24)29)12-25-19(26)15-4-2-3-5-16(15)20(25)27/h2-7,10,14H,8-9,11-12H2,1H3. The third kappa shape index (κ3) is 3.11. The number of benzene rings is 2. The molecule has 1 unspecified atom stereocenters. The van der Waals surface area contributed by atoms with E-state index in [1.54, 1.807) is 42.5 Å². The van der Waals surface area contributed by atoms with Gasteiger partial charge in [0.15, 0.2) is 0 Å². The Labute approximate surface area is 182 Å². The number of carbonyl (C=O) groups is 4. The Balaban J connectivity index is 1.34. The predicted molar refractivity (Wildman–Crippen MR) is 111 cm³/mol. The van der Waals surface area contributed by atoms with Crippen LogP contribution in [0.25, 0.3) is 0 Å². The first kappa shape index (κ1) is 19.9. The average molecular weight is 437 g/mol. The van der Waals surface area contributed by atoms with Gasteiger partial charge in [0.1, 0.15) is 18.5 Å². The number of rotatable bonds is 5. The summed E-state index contributed by atoms with van der Waals surface area (Å²) in [6.07, 6.45) is -1.75. The van der Waals surface area contributed by atoms with E-state index in [0.717, 1.165) is 4.90 Å². The van der Waals surface area contributed by atoms with E-state index in [1.165, 1.54) is 16.9 Å². The van der Waals surface area contributed by atoms with E-state index in [2.05, 4.69) is 0 Å². The molecular weight excluding hydrogens is 418 g/mol. The van der Waals surface area contributed by atoms with Gasteiger partial charge in [0.05, 0.1) is 49.2 Å². The quantitative estimate of drug-likeness (QED) is 0.661. The molecule has 0 aromatic heterocycles. The van der Waals surface area contributed by atoms with Crippen molar-refractivity contribution in [3.63, 3.8) is 0 Å². The number of fused-ring (bicyclic) bond motifs is 1. The van der Waals surface area contributed by atoms with Gasteiger partial charge in [-0.15, -0.1) is 0 Å². The van der Waals surface area contributed by atoms with Gasteiger partial charge in [-0.05, 0) is 24.3 Å². The number of imide groups is 1. The number of cyclic esters (lactones) is 2. The van der Waals surface area contributed by atoms with Gasteiger partial charge in [0.25, 0.3) is 11.8 Å². The number of anilines is 2. The minimum absolute atomic E-state index is 0.0470. The Morgan fingerprint density at radius 1 is 0.969 bits per heavy atom. The van der Waals surface area contributed by atoms with Crippen molar-refractivity contribution in [1.29, 1.82) is 0 Å². The van der Waals surface area contributed by atoms with E-state index in [9.17, 15) is 19.2 Å². The zero-order valence-electron chi connectivity index (χ0n) is 17.1. The van der Waals surface area contributed by atoms with Gasteiger partial charge < -0.3 is 14.2 Å². The summed E-state index contributed by atoms with van der Waals surface area (Å²) in [5.74, 6) is -0.431. The molecular formula is C22H19N3O7. The summed E-state index contributed by atoms with van der Waals surface area (Å²) >= 11 is 0. The van der Waals surface area contributed by atoms with Gasteiger partial charge in [0.2, 0.25) is 0 Å². The fourth-order valence-corrected chi connectivity index (χ4v) is 4.11. The van der Waals surface area contributed by atoms with Crippen LogP contribution in [0.3, 0.4) is 0 Å². The molecule has 10 nitrogen and oxygen atoms in total. The summed E-state index contributed by atoms with van der Waals surface area (Å²) in [5.41, 5.74) is 1.73. The molecule has 2 aromatic rings. The first-order valence-electron chi connectivity index (χ1n) is 10.0. The number of amides is 4. The minimum Gasteiger partial charge on any atom is -0.494 e. The highest BCUT2D eigenvalue weighted by Gasteiger charge is 2.41. The number of hydrogen-bond acceptors (Lipinski definition) is 7. The largest absolute Gasteiger partial charge is 0.494 e. The lowest BCUT2D eigenvalue weighted by molar-refractivity contribution is 0.0558. The lowest BCUT2D eigenvalue weighted by Crippen LogP contribution is -2.38. The van der Waals surface area contributed by atoms with Crippen molar-refractivity contribution in [1.82, 2.24) is 4.90 Å². The van der Waals surface area contributed by atoms with Crippen molar-refractivity contribution in [3.05, 3.63) is 53.6 Å². The van der Waals surface area contributed by atoms with Crippen LogP contribution < -0.4 is 14.5 Å². The molecule has 1 atom stereocenters. The fourth-order valence-electron chi connectivity index (χ4n) is 4.11. The summed E-state index contributed by atoms with van der Waals surface area (Å²) in [7, 11) is 1.46. The SMILES string of the molecule is COc1cc(N2CCOC2=O)ccc1N1CC(CN2C(=O)c3ccccc3C2=O)OC1=O. The van der Waals surface area contributed by atoms with E-state index in [4.69, 9.17) is 14.2 Å². The molecule has 10 heteroatoms. The van der Waals surface area contributed by atoms with Crippen molar-refractivity contribution in [2.75, 3.05) is 43.2 Å². The van der Waals surface area contributed by atoms with E-state index in [-0.39, 0.29) is 13.1 Å². The minimum atomic E-state index is -0.692. The van der Waals surface area contributed by atoms with Crippen molar-refractivity contribution < 1.29 is 33.4 Å². The maximum Gasteiger partial charge on any atom is 0.414 e. The molecule has 5 rings (SSSR count). The second kappa shape index (κ2) is 7.56. The number of nitrogens with zero attached hydrogens (tertiary/aromatic N) is 3. The maximum absolute atomic E-state index is 12.6. The molecule has 3 heterocycles. The summed E-state index contributed by atoms with van der Waals surface area (Å²) in [5, 5.41) is 0. The molecule has 32 heavy (non-hydrogen) atoms. The van der Waals surface area contributed by atoms with Crippen LogP contribution in [0.15, 0.2) is 42.5 Å². The molecule has 2 saturated heterocycles. The number of hydrogen-bond donors (Lipinski definition) is 0. The second-order valence-corrected chi connectivity index (χ2v) is 7.51. The molecule has 0 bridgehead atoms. The zero-order valence-corrected chi connectivity index (χ0v) is 17.1. The molecule has 0 saturated carbocycles. The zero-order chi connectivity index (χ0) is 22.4. The topological polar surface area (TPSA) is 106 Å². The molecule has 0 spiro atoms. The lowest BCUT2D eigenvalue weighted by Gasteiger charge is -2.20. The van der Waals surface area contributed by atoms with Gasteiger partial charge >= 0.3 is 12.2 Å². The van der Waals surface area contributed by atoms with Gasteiger partial charge in [-0.3, -0.25) is 24.3 Å². The Bertz CT molecular complexity index is 1110. The van der Waals surface area contributed by atoms with Gasteiger partial charge in [0, 0.05) is 6.07 Å². The first-order valence-corrected chi connectivity index (χ1v) is 10.0. The summed E-state index contributed by atoms with van der Waals surface area (Å²) in [4.78, 5) is 53.6. The molecule has 164 valence electrons. The monoisotopic (exact) mass is 437 g/mol. The highest BCUT2D eigenvalue weighted by molar-refractivity contribution is 6.21. The van der Waals surface area contributed by atoms with Crippen LogP contribution in [0.4, 0.5) is 21.0 Å². The van der Waals surface area contributed by atoms with Crippen LogP contribution in [0.2, 0.25) is 0 Å². The Morgan fingerprint density at radius 3 is 2.31 bits per heavy atom. The van der Waals surface area contributed by atoms with Crippen molar-refractivity contribution >= 4 is 35.4 Å². The summed E-state index contributed by atoms with van der Waals surface area (Å²) in [6, 6.07) is 11.6. The molecule has 3 aliphatic rings. The maximum atomic E-state index is 12.6. The number of ether oxygens (including phenoxy) is 3. The highest BCUT2D eigenvalue weighted by Crippen LogP contribution is 2.36. The third-order valence-corrected chi connectivity index (χ3v) is 5.67. The van der Waals surface area contributed by atoms with E-state index in [0.29, 0.717) is 41.4 Å². The van der Waals surface area contributed by atoms with Crippen LogP contribution in [-0.4, -0.2) is 68.4 Å². The van der Waals surface area contributed by atoms with Gasteiger partial charge in [-0.1, -0.05) is 12.1 Å². The Kier molecular flexibility index (Phi) is 4.69. The fraction of sp³-hybridized carbons (Fsp3) is 0.273. The van der Waals surface area contributed by atoms with Gasteiger partial charge in [-0.2, -0.15) is 0 Å². The van der Waals surface area contributed by atoms with Crippen LogP contribution in [-0.2, 0) is 9.47 Å².